The molecule has 8 nitrogen and oxygen atoms in total. The van der Waals surface area contributed by atoms with Gasteiger partial charge in [0.05, 0.1) is 29.0 Å². The van der Waals surface area contributed by atoms with Gasteiger partial charge in [0.2, 0.25) is 5.91 Å². The number of rotatable bonds is 5. The van der Waals surface area contributed by atoms with Crippen LogP contribution in [0.15, 0.2) is 30.9 Å². The molecule has 0 spiro atoms. The standard InChI is InChI=1S/C16H16N6O2/c1-3-24-10(2)21-9-13(7-19-21)15-12(5-17)6-20-22-8-11(16(18)23)4-14(15)22/h4,6-10H,3H2,1-2H3,(H2,18,23). The molecule has 0 fully saturated rings. The van der Waals surface area contributed by atoms with E-state index in [-0.39, 0.29) is 6.23 Å². The van der Waals surface area contributed by atoms with Crippen molar-refractivity contribution in [3.05, 3.63) is 42.0 Å². The highest BCUT2D eigenvalue weighted by molar-refractivity contribution is 5.96. The summed E-state index contributed by atoms with van der Waals surface area (Å²) >= 11 is 0. The Morgan fingerprint density at radius 2 is 2.21 bits per heavy atom. The lowest BCUT2D eigenvalue weighted by molar-refractivity contribution is 0.0160. The third kappa shape index (κ3) is 2.61. The van der Waals surface area contributed by atoms with E-state index in [1.807, 2.05) is 13.8 Å². The molecule has 8 heteroatoms. The molecule has 122 valence electrons. The molecular weight excluding hydrogens is 308 g/mol. The molecule has 3 aromatic heterocycles. The predicted molar refractivity (Wildman–Crippen MR) is 86.0 cm³/mol. The number of primary amides is 1. The van der Waals surface area contributed by atoms with Crippen LogP contribution in [0.5, 0.6) is 0 Å². The summed E-state index contributed by atoms with van der Waals surface area (Å²) in [5, 5.41) is 17.9. The number of nitrogens with zero attached hydrogens (tertiary/aromatic N) is 5. The highest BCUT2D eigenvalue weighted by Crippen LogP contribution is 2.29. The zero-order valence-electron chi connectivity index (χ0n) is 13.3. The fourth-order valence-electron chi connectivity index (χ4n) is 2.56. The van der Waals surface area contributed by atoms with Crippen molar-refractivity contribution >= 4 is 11.4 Å². The average Bonchev–Trinajstić information content (AvgIpc) is 3.21. The molecule has 0 aliphatic carbocycles. The van der Waals surface area contributed by atoms with E-state index in [1.165, 1.54) is 16.9 Å². The number of hydrogen-bond donors (Lipinski definition) is 1. The van der Waals surface area contributed by atoms with E-state index in [9.17, 15) is 10.1 Å². The van der Waals surface area contributed by atoms with Crippen molar-refractivity contribution in [2.75, 3.05) is 6.61 Å². The van der Waals surface area contributed by atoms with Gasteiger partial charge in [-0.3, -0.25) is 4.79 Å². The zero-order chi connectivity index (χ0) is 17.3. The Kier molecular flexibility index (Phi) is 4.02. The van der Waals surface area contributed by atoms with Crippen molar-refractivity contribution in [1.82, 2.24) is 19.4 Å². The molecule has 0 saturated carbocycles. The van der Waals surface area contributed by atoms with Gasteiger partial charge >= 0.3 is 0 Å². The Morgan fingerprint density at radius 3 is 2.88 bits per heavy atom. The van der Waals surface area contributed by atoms with Gasteiger partial charge in [0.25, 0.3) is 0 Å². The van der Waals surface area contributed by atoms with Gasteiger partial charge in [0.1, 0.15) is 12.3 Å². The van der Waals surface area contributed by atoms with Crippen LogP contribution in [-0.2, 0) is 4.74 Å². The molecule has 3 heterocycles. The number of aromatic nitrogens is 4. The van der Waals surface area contributed by atoms with Crippen molar-refractivity contribution in [3.8, 4) is 17.2 Å². The Labute approximate surface area is 138 Å². The smallest absolute Gasteiger partial charge is 0.250 e. The van der Waals surface area contributed by atoms with Crippen LogP contribution in [0.4, 0.5) is 0 Å². The lowest BCUT2D eigenvalue weighted by Crippen LogP contribution is -2.09. The van der Waals surface area contributed by atoms with Crippen LogP contribution in [0.2, 0.25) is 0 Å². The van der Waals surface area contributed by atoms with Gasteiger partial charge in [-0.05, 0) is 19.9 Å². The molecule has 0 bridgehead atoms. The molecule has 3 rings (SSSR count). The van der Waals surface area contributed by atoms with Gasteiger partial charge in [-0.2, -0.15) is 15.5 Å². The summed E-state index contributed by atoms with van der Waals surface area (Å²) in [5.41, 5.74) is 8.05. The van der Waals surface area contributed by atoms with Crippen molar-refractivity contribution in [2.45, 2.75) is 20.1 Å². The fraction of sp³-hybridized carbons (Fsp3) is 0.250. The number of hydrogen-bond acceptors (Lipinski definition) is 5. The SMILES string of the molecule is CCOC(C)n1cc(-c2c(C#N)cnn3cc(C(N)=O)cc23)cn1. The number of ether oxygens (including phenoxy) is 1. The molecule has 1 unspecified atom stereocenters. The van der Waals surface area contributed by atoms with Gasteiger partial charge in [-0.15, -0.1) is 0 Å². The summed E-state index contributed by atoms with van der Waals surface area (Å²) in [6.07, 6.45) is 6.22. The van der Waals surface area contributed by atoms with E-state index in [1.54, 1.807) is 23.1 Å². The minimum atomic E-state index is -0.550. The van der Waals surface area contributed by atoms with Crippen LogP contribution < -0.4 is 5.73 Å². The second-order valence-corrected chi connectivity index (χ2v) is 5.23. The van der Waals surface area contributed by atoms with Crippen LogP contribution in [0, 0.1) is 11.3 Å². The monoisotopic (exact) mass is 324 g/mol. The molecule has 0 saturated heterocycles. The van der Waals surface area contributed by atoms with Gasteiger partial charge < -0.3 is 10.5 Å². The molecule has 0 aliphatic rings. The molecule has 2 N–H and O–H groups in total. The summed E-state index contributed by atoms with van der Waals surface area (Å²) in [7, 11) is 0. The number of nitrogens with two attached hydrogens (primary N) is 1. The number of amides is 1. The summed E-state index contributed by atoms with van der Waals surface area (Å²) < 4.78 is 8.72. The van der Waals surface area contributed by atoms with E-state index >= 15 is 0 Å². The molecule has 3 aromatic rings. The van der Waals surface area contributed by atoms with Crippen molar-refractivity contribution in [2.24, 2.45) is 5.73 Å². The van der Waals surface area contributed by atoms with Crippen molar-refractivity contribution in [1.29, 1.82) is 5.26 Å². The van der Waals surface area contributed by atoms with Gasteiger partial charge in [0.15, 0.2) is 0 Å². The highest BCUT2D eigenvalue weighted by atomic mass is 16.5. The molecule has 0 aromatic carbocycles. The number of carbonyl (C=O) groups is 1. The minimum absolute atomic E-state index is 0.222. The Bertz CT molecular complexity index is 949. The second kappa shape index (κ2) is 6.14. The number of carbonyl (C=O) groups excluding carboxylic acids is 1. The van der Waals surface area contributed by atoms with E-state index in [0.29, 0.717) is 28.8 Å². The minimum Gasteiger partial charge on any atom is -0.366 e. The van der Waals surface area contributed by atoms with Crippen LogP contribution in [0.1, 0.15) is 36.0 Å². The van der Waals surface area contributed by atoms with Crippen LogP contribution >= 0.6 is 0 Å². The summed E-state index contributed by atoms with van der Waals surface area (Å²) in [5.74, 6) is -0.550. The average molecular weight is 324 g/mol. The summed E-state index contributed by atoms with van der Waals surface area (Å²) in [6, 6.07) is 3.75. The topological polar surface area (TPSA) is 111 Å². The first kappa shape index (κ1) is 15.7. The summed E-state index contributed by atoms with van der Waals surface area (Å²) in [6.45, 7) is 4.36. The second-order valence-electron chi connectivity index (χ2n) is 5.23. The van der Waals surface area contributed by atoms with Crippen molar-refractivity contribution in [3.63, 3.8) is 0 Å². The Balaban J connectivity index is 2.17. The summed E-state index contributed by atoms with van der Waals surface area (Å²) in [4.78, 5) is 11.4. The van der Waals surface area contributed by atoms with Gasteiger partial charge in [-0.1, -0.05) is 0 Å². The molecular formula is C16H16N6O2. The molecule has 0 radical (unpaired) electrons. The van der Waals surface area contributed by atoms with Crippen molar-refractivity contribution < 1.29 is 9.53 Å². The maximum Gasteiger partial charge on any atom is 0.250 e. The quantitative estimate of drug-likeness (QED) is 0.768. The molecule has 1 atom stereocenters. The zero-order valence-corrected chi connectivity index (χ0v) is 13.3. The lowest BCUT2D eigenvalue weighted by Gasteiger charge is -2.11. The predicted octanol–water partition coefficient (Wildman–Crippen LogP) is 1.72. The highest BCUT2D eigenvalue weighted by Gasteiger charge is 2.17. The Morgan fingerprint density at radius 1 is 1.42 bits per heavy atom. The third-order valence-electron chi connectivity index (χ3n) is 3.71. The number of fused-ring (bicyclic) bond motifs is 1. The first-order valence-electron chi connectivity index (χ1n) is 7.42. The first-order valence-corrected chi connectivity index (χ1v) is 7.42. The van der Waals surface area contributed by atoms with E-state index < -0.39 is 5.91 Å². The van der Waals surface area contributed by atoms with E-state index in [2.05, 4.69) is 16.3 Å². The lowest BCUT2D eigenvalue weighted by atomic mass is 10.0. The van der Waals surface area contributed by atoms with E-state index in [0.717, 1.165) is 5.56 Å². The number of nitriles is 1. The molecule has 24 heavy (non-hydrogen) atoms. The van der Waals surface area contributed by atoms with Crippen LogP contribution in [0.3, 0.4) is 0 Å². The normalized spacial score (nSPS) is 12.2. The first-order chi connectivity index (χ1) is 11.5. The van der Waals surface area contributed by atoms with Gasteiger partial charge in [0, 0.05) is 30.1 Å². The largest absolute Gasteiger partial charge is 0.366 e. The Hall–Kier alpha value is -3.18. The fourth-order valence-corrected chi connectivity index (χ4v) is 2.56. The van der Waals surface area contributed by atoms with Gasteiger partial charge in [-0.25, -0.2) is 9.20 Å². The maximum absolute atomic E-state index is 11.4. The molecule has 0 aliphatic heterocycles. The maximum atomic E-state index is 11.4. The van der Waals surface area contributed by atoms with Crippen LogP contribution in [-0.4, -0.2) is 31.9 Å². The third-order valence-corrected chi connectivity index (χ3v) is 3.71. The van der Waals surface area contributed by atoms with E-state index in [4.69, 9.17) is 10.5 Å². The van der Waals surface area contributed by atoms with Crippen LogP contribution in [0.25, 0.3) is 16.6 Å². The molecule has 1 amide bonds.